The lowest BCUT2D eigenvalue weighted by Gasteiger charge is -2.34. The molecule has 2 N–H and O–H groups in total. The van der Waals surface area contributed by atoms with Crippen molar-refractivity contribution >= 4 is 31.4 Å². The first-order valence-electron chi connectivity index (χ1n) is 14.1. The van der Waals surface area contributed by atoms with Gasteiger partial charge in [0, 0.05) is 11.1 Å². The second-order valence-electron chi connectivity index (χ2n) is 11.3. The minimum Gasteiger partial charge on any atom is -0.355 e. The van der Waals surface area contributed by atoms with Gasteiger partial charge in [0.25, 0.3) is 20.0 Å². The van der Waals surface area contributed by atoms with Crippen molar-refractivity contribution in [3.05, 3.63) is 120 Å². The predicted molar refractivity (Wildman–Crippen MR) is 163 cm³/mol. The summed E-state index contributed by atoms with van der Waals surface area (Å²) in [4.78, 5) is 2.28. The van der Waals surface area contributed by atoms with Gasteiger partial charge in [0.1, 0.15) is 29.9 Å². The Bertz CT molecular complexity index is 1810. The highest BCUT2D eigenvalue weighted by atomic mass is 32.2. The maximum Gasteiger partial charge on any atom is 0.261 e. The summed E-state index contributed by atoms with van der Waals surface area (Å²) in [5, 5.41) is 0. The van der Waals surface area contributed by atoms with E-state index in [9.17, 15) is 16.8 Å². The molecule has 0 aromatic heterocycles. The highest BCUT2D eigenvalue weighted by Gasteiger charge is 2.69. The van der Waals surface area contributed by atoms with Gasteiger partial charge in [-0.3, -0.25) is 9.44 Å². The molecule has 3 aliphatic heterocycles. The molecule has 0 bridgehead atoms. The molecule has 0 unspecified atom stereocenters. The SMILES string of the molecule is C[C@]1(c2ccccc2NS(=O)(=O)c2ccccc2)O[C@H]2CO[C@@H]3N2[C@H]1O[C@]3(C)c1ccccc1NS(=O)(=O)c1ccccc1. The van der Waals surface area contributed by atoms with Crippen LogP contribution in [-0.4, -0.2) is 47.0 Å². The molecule has 7 rings (SSSR count). The smallest absolute Gasteiger partial charge is 0.261 e. The Morgan fingerprint density at radius 1 is 0.614 bits per heavy atom. The molecule has 0 amide bonds. The van der Waals surface area contributed by atoms with Crippen molar-refractivity contribution in [1.29, 1.82) is 0 Å². The Hall–Kier alpha value is -3.78. The van der Waals surface area contributed by atoms with E-state index in [0.717, 1.165) is 0 Å². The third-order valence-electron chi connectivity index (χ3n) is 8.47. The second-order valence-corrected chi connectivity index (χ2v) is 14.7. The number of anilines is 2. The highest BCUT2D eigenvalue weighted by molar-refractivity contribution is 7.93. The Balaban J connectivity index is 1.25. The van der Waals surface area contributed by atoms with Crippen LogP contribution >= 0.6 is 0 Å². The summed E-state index contributed by atoms with van der Waals surface area (Å²) < 4.78 is 78.4. The number of benzene rings is 4. The van der Waals surface area contributed by atoms with E-state index in [-0.39, 0.29) is 16.4 Å². The van der Waals surface area contributed by atoms with Crippen LogP contribution < -0.4 is 9.44 Å². The summed E-state index contributed by atoms with van der Waals surface area (Å²) >= 11 is 0. The zero-order chi connectivity index (χ0) is 30.7. The average molecular weight is 634 g/mol. The molecular formula is C32H31N3O7S2. The number of rotatable bonds is 8. The summed E-state index contributed by atoms with van der Waals surface area (Å²) in [6, 6.07) is 30.5. The first-order valence-corrected chi connectivity index (χ1v) is 17.1. The van der Waals surface area contributed by atoms with Gasteiger partial charge in [-0.25, -0.2) is 21.7 Å². The van der Waals surface area contributed by atoms with Gasteiger partial charge >= 0.3 is 0 Å². The van der Waals surface area contributed by atoms with Gasteiger partial charge in [-0.05, 0) is 50.2 Å². The second kappa shape index (κ2) is 10.4. The van der Waals surface area contributed by atoms with E-state index < -0.39 is 49.9 Å². The maximum atomic E-state index is 13.3. The third kappa shape index (κ3) is 4.61. The summed E-state index contributed by atoms with van der Waals surface area (Å²) in [6.45, 7) is 4.00. The number of para-hydroxylation sites is 2. The molecule has 3 aliphatic rings. The zero-order valence-electron chi connectivity index (χ0n) is 24.0. The van der Waals surface area contributed by atoms with Crippen molar-refractivity contribution < 1.29 is 31.0 Å². The standard InChI is InChI=1S/C32H31N3O7S2/c1-31(24-17-9-11-19-26(24)33-43(36,37)22-13-5-3-6-14-22)29-35-28(21-40-29)41-32(2,30(35)42-31)25-18-10-12-20-27(25)34-44(38,39)23-15-7-4-8-16-23/h3-20,28-30,33-34H,21H2,1-2H3/t28-,29-,30-,31+,32+/m0/s1. The highest BCUT2D eigenvalue weighted by Crippen LogP contribution is 2.57. The lowest BCUT2D eigenvalue weighted by atomic mass is 9.92. The molecule has 5 atom stereocenters. The topological polar surface area (TPSA) is 123 Å². The van der Waals surface area contributed by atoms with Crippen LogP contribution in [0, 0.1) is 0 Å². The Morgan fingerprint density at radius 2 is 1.05 bits per heavy atom. The monoisotopic (exact) mass is 633 g/mol. The quantitative estimate of drug-likeness (QED) is 0.284. The van der Waals surface area contributed by atoms with E-state index in [1.54, 1.807) is 60.7 Å². The van der Waals surface area contributed by atoms with Crippen molar-refractivity contribution in [2.75, 3.05) is 16.1 Å². The number of hydrogen-bond acceptors (Lipinski definition) is 8. The van der Waals surface area contributed by atoms with Crippen molar-refractivity contribution in [2.45, 2.75) is 53.5 Å². The van der Waals surface area contributed by atoms with Crippen LogP contribution in [0.4, 0.5) is 11.4 Å². The van der Waals surface area contributed by atoms with E-state index in [1.807, 2.05) is 43.0 Å². The predicted octanol–water partition coefficient (Wildman–Crippen LogP) is 4.79. The molecule has 228 valence electrons. The number of nitrogens with one attached hydrogen (secondary N) is 2. The fourth-order valence-electron chi connectivity index (χ4n) is 6.41. The molecule has 12 heteroatoms. The van der Waals surface area contributed by atoms with Crippen molar-refractivity contribution in [3.8, 4) is 0 Å². The van der Waals surface area contributed by atoms with Gasteiger partial charge < -0.3 is 14.2 Å². The van der Waals surface area contributed by atoms with Crippen molar-refractivity contribution in [2.24, 2.45) is 0 Å². The molecule has 10 nitrogen and oxygen atoms in total. The molecule has 3 saturated heterocycles. The third-order valence-corrected chi connectivity index (χ3v) is 11.2. The molecule has 0 spiro atoms. The molecule has 3 fully saturated rings. The van der Waals surface area contributed by atoms with Crippen LogP contribution in [0.5, 0.6) is 0 Å². The summed E-state index contributed by atoms with van der Waals surface area (Å²) in [7, 11) is -7.77. The van der Waals surface area contributed by atoms with Crippen molar-refractivity contribution in [1.82, 2.24) is 4.90 Å². The van der Waals surface area contributed by atoms with Crippen LogP contribution in [0.1, 0.15) is 25.0 Å². The fraction of sp³-hybridized carbons (Fsp3) is 0.250. The first-order chi connectivity index (χ1) is 21.0. The molecule has 44 heavy (non-hydrogen) atoms. The lowest BCUT2D eigenvalue weighted by molar-refractivity contribution is -0.137. The number of ether oxygens (including phenoxy) is 3. The van der Waals surface area contributed by atoms with E-state index in [1.165, 1.54) is 24.3 Å². The average Bonchev–Trinajstić information content (AvgIpc) is 3.66. The van der Waals surface area contributed by atoms with Gasteiger partial charge in [-0.1, -0.05) is 72.8 Å². The first kappa shape index (κ1) is 29.0. The summed E-state index contributed by atoms with van der Waals surface area (Å²) in [6.07, 6.45) is -1.76. The molecule has 0 saturated carbocycles. The number of sulfonamides is 2. The molecule has 0 radical (unpaired) electrons. The van der Waals surface area contributed by atoms with Crippen LogP contribution in [0.3, 0.4) is 0 Å². The Labute approximate surface area is 256 Å². The summed E-state index contributed by atoms with van der Waals surface area (Å²) in [5.74, 6) is 0. The van der Waals surface area contributed by atoms with Gasteiger partial charge in [0.2, 0.25) is 0 Å². The molecule has 4 aromatic rings. The van der Waals surface area contributed by atoms with E-state index >= 15 is 0 Å². The van der Waals surface area contributed by atoms with Crippen LogP contribution in [-0.2, 0) is 45.5 Å². The van der Waals surface area contributed by atoms with Gasteiger partial charge in [-0.2, -0.15) is 0 Å². The minimum atomic E-state index is -3.89. The normalized spacial score (nSPS) is 28.1. The number of nitrogens with zero attached hydrogens (tertiary/aromatic N) is 1. The van der Waals surface area contributed by atoms with Crippen LogP contribution in [0.25, 0.3) is 0 Å². The van der Waals surface area contributed by atoms with Crippen molar-refractivity contribution in [3.63, 3.8) is 0 Å². The maximum absolute atomic E-state index is 13.3. The van der Waals surface area contributed by atoms with Gasteiger partial charge in [-0.15, -0.1) is 0 Å². The lowest BCUT2D eigenvalue weighted by Crippen LogP contribution is -2.41. The van der Waals surface area contributed by atoms with E-state index in [4.69, 9.17) is 14.2 Å². The summed E-state index contributed by atoms with van der Waals surface area (Å²) in [5.41, 5.74) is -0.298. The van der Waals surface area contributed by atoms with Gasteiger partial charge in [0.05, 0.1) is 27.8 Å². The fourth-order valence-corrected chi connectivity index (χ4v) is 8.61. The largest absolute Gasteiger partial charge is 0.355 e. The Morgan fingerprint density at radius 3 is 1.55 bits per heavy atom. The van der Waals surface area contributed by atoms with E-state index in [0.29, 0.717) is 22.5 Å². The Kier molecular flexibility index (Phi) is 6.85. The van der Waals surface area contributed by atoms with E-state index in [2.05, 4.69) is 9.44 Å². The molecular weight excluding hydrogens is 603 g/mol. The molecule has 3 heterocycles. The zero-order valence-corrected chi connectivity index (χ0v) is 25.6. The number of hydrogen-bond donors (Lipinski definition) is 2. The molecule has 0 aliphatic carbocycles. The van der Waals surface area contributed by atoms with Gasteiger partial charge in [0.15, 0.2) is 0 Å². The van der Waals surface area contributed by atoms with Crippen LogP contribution in [0.2, 0.25) is 0 Å². The minimum absolute atomic E-state index is 0.139. The molecule has 4 aromatic carbocycles. The van der Waals surface area contributed by atoms with Crippen LogP contribution in [0.15, 0.2) is 119 Å².